The van der Waals surface area contributed by atoms with Gasteiger partial charge in [0.2, 0.25) is 5.92 Å². The maximum absolute atomic E-state index is 13.0. The molecule has 1 aliphatic carbocycles. The molecule has 24 heavy (non-hydrogen) atoms. The summed E-state index contributed by atoms with van der Waals surface area (Å²) in [7, 11) is -3.84. The number of aliphatic carboxylic acids is 1. The molecule has 0 aromatic carbocycles. The van der Waals surface area contributed by atoms with Crippen molar-refractivity contribution in [3.05, 3.63) is 0 Å². The van der Waals surface area contributed by atoms with E-state index in [9.17, 15) is 22.0 Å². The summed E-state index contributed by atoms with van der Waals surface area (Å²) in [4.78, 5) is 11.1. The van der Waals surface area contributed by atoms with Crippen molar-refractivity contribution < 1.29 is 27.1 Å². The number of carbonyl (C=O) groups is 1. The van der Waals surface area contributed by atoms with Crippen LogP contribution in [0.5, 0.6) is 0 Å². The summed E-state index contributed by atoms with van der Waals surface area (Å²) in [6.07, 6.45) is 5.38. The summed E-state index contributed by atoms with van der Waals surface area (Å²) in [5.41, 5.74) is 0.264. The Hall–Kier alpha value is -0.800. The molecule has 1 spiro atoms. The minimum absolute atomic E-state index is 0.264. The normalized spacial score (nSPS) is 23.5. The van der Waals surface area contributed by atoms with Crippen LogP contribution in [0, 0.1) is 11.3 Å². The lowest BCUT2D eigenvalue weighted by Crippen LogP contribution is -2.48. The van der Waals surface area contributed by atoms with Crippen LogP contribution in [0.3, 0.4) is 0 Å². The van der Waals surface area contributed by atoms with E-state index in [0.717, 1.165) is 25.7 Å². The van der Waals surface area contributed by atoms with E-state index >= 15 is 0 Å². The van der Waals surface area contributed by atoms with Crippen molar-refractivity contribution in [2.45, 2.75) is 57.8 Å². The molecule has 0 bridgehead atoms. The first-order chi connectivity index (χ1) is 11.0. The van der Waals surface area contributed by atoms with E-state index in [2.05, 4.69) is 4.72 Å². The molecule has 2 rings (SSSR count). The lowest BCUT2D eigenvalue weighted by atomic mass is 9.78. The fourth-order valence-electron chi connectivity index (χ4n) is 3.80. The molecule has 6 nitrogen and oxygen atoms in total. The predicted octanol–water partition coefficient (Wildman–Crippen LogP) is 2.22. The van der Waals surface area contributed by atoms with Gasteiger partial charge in [-0.25, -0.2) is 13.5 Å². The summed E-state index contributed by atoms with van der Waals surface area (Å²) < 4.78 is 54.2. The van der Waals surface area contributed by atoms with Crippen LogP contribution in [-0.2, 0) is 15.0 Å². The minimum atomic E-state index is -3.84. The van der Waals surface area contributed by atoms with Gasteiger partial charge in [0.05, 0.1) is 5.92 Å². The molecule has 0 radical (unpaired) electrons. The van der Waals surface area contributed by atoms with Crippen LogP contribution >= 0.6 is 0 Å². The van der Waals surface area contributed by atoms with Gasteiger partial charge in [-0.3, -0.25) is 4.79 Å². The molecule has 2 aliphatic rings. The quantitative estimate of drug-likeness (QED) is 0.721. The summed E-state index contributed by atoms with van der Waals surface area (Å²) >= 11 is 0. The SMILES string of the molecule is CC(F)(F)C[C@@H](CNS(=O)(=O)N1CCC2(CCCC2)CC1)C(=O)O. The lowest BCUT2D eigenvalue weighted by Gasteiger charge is -2.38. The highest BCUT2D eigenvalue weighted by atomic mass is 32.2. The van der Waals surface area contributed by atoms with E-state index < -0.39 is 41.0 Å². The zero-order valence-electron chi connectivity index (χ0n) is 13.9. The maximum Gasteiger partial charge on any atom is 0.308 e. The van der Waals surface area contributed by atoms with Gasteiger partial charge >= 0.3 is 5.97 Å². The molecule has 2 fully saturated rings. The van der Waals surface area contributed by atoms with Gasteiger partial charge in [-0.05, 0) is 38.0 Å². The average Bonchev–Trinajstić information content (AvgIpc) is 2.91. The number of hydrogen-bond acceptors (Lipinski definition) is 3. The van der Waals surface area contributed by atoms with Gasteiger partial charge in [0, 0.05) is 26.1 Å². The van der Waals surface area contributed by atoms with Gasteiger partial charge in [0.1, 0.15) is 0 Å². The van der Waals surface area contributed by atoms with Crippen molar-refractivity contribution in [1.82, 2.24) is 9.03 Å². The van der Waals surface area contributed by atoms with Crippen LogP contribution < -0.4 is 4.72 Å². The van der Waals surface area contributed by atoms with Gasteiger partial charge in [-0.2, -0.15) is 12.7 Å². The molecule has 0 aromatic rings. The highest BCUT2D eigenvalue weighted by Crippen LogP contribution is 2.46. The first-order valence-corrected chi connectivity index (χ1v) is 9.82. The minimum Gasteiger partial charge on any atom is -0.481 e. The van der Waals surface area contributed by atoms with E-state index in [0.29, 0.717) is 20.0 Å². The molecule has 1 saturated carbocycles. The van der Waals surface area contributed by atoms with Gasteiger partial charge in [0.15, 0.2) is 0 Å². The number of halogens is 2. The van der Waals surface area contributed by atoms with Crippen molar-refractivity contribution in [2.75, 3.05) is 19.6 Å². The number of alkyl halides is 2. The van der Waals surface area contributed by atoms with Gasteiger partial charge in [-0.15, -0.1) is 0 Å². The Balaban J connectivity index is 1.90. The lowest BCUT2D eigenvalue weighted by molar-refractivity contribution is -0.144. The number of carboxylic acid groups (broad SMARTS) is 1. The number of piperidine rings is 1. The molecular weight excluding hydrogens is 342 g/mol. The Bertz CT molecular complexity index is 546. The Morgan fingerprint density at radius 3 is 2.25 bits per heavy atom. The molecule has 1 saturated heterocycles. The Labute approximate surface area is 141 Å². The van der Waals surface area contributed by atoms with Gasteiger partial charge in [-0.1, -0.05) is 12.8 Å². The van der Waals surface area contributed by atoms with E-state index in [-0.39, 0.29) is 5.41 Å². The second kappa shape index (κ2) is 7.21. The van der Waals surface area contributed by atoms with Crippen LogP contribution in [0.1, 0.15) is 51.9 Å². The summed E-state index contributed by atoms with van der Waals surface area (Å²) in [6.45, 7) is 0.903. The molecule has 2 N–H and O–H groups in total. The topological polar surface area (TPSA) is 86.7 Å². The first kappa shape index (κ1) is 19.5. The zero-order valence-corrected chi connectivity index (χ0v) is 14.7. The van der Waals surface area contributed by atoms with Crippen LogP contribution in [0.4, 0.5) is 8.78 Å². The predicted molar refractivity (Wildman–Crippen MR) is 85.0 cm³/mol. The monoisotopic (exact) mass is 368 g/mol. The fraction of sp³-hybridized carbons (Fsp3) is 0.933. The smallest absolute Gasteiger partial charge is 0.308 e. The number of nitrogens with zero attached hydrogens (tertiary/aromatic N) is 1. The van der Waals surface area contributed by atoms with Crippen molar-refractivity contribution in [1.29, 1.82) is 0 Å². The standard InChI is InChI=1S/C15H26F2N2O4S/c1-14(16,17)10-12(13(20)21)11-18-24(22,23)19-8-6-15(7-9-19)4-2-3-5-15/h12,18H,2-11H2,1H3,(H,20,21)/t12-/m0/s1. The summed E-state index contributed by atoms with van der Waals surface area (Å²) in [5, 5.41) is 9.00. The molecule has 0 amide bonds. The Kier molecular flexibility index (Phi) is 5.87. The number of rotatable bonds is 7. The Morgan fingerprint density at radius 2 is 1.79 bits per heavy atom. The maximum atomic E-state index is 13.0. The number of carboxylic acids is 1. The third-order valence-electron chi connectivity index (χ3n) is 5.25. The third-order valence-corrected chi connectivity index (χ3v) is 6.83. The highest BCUT2D eigenvalue weighted by molar-refractivity contribution is 7.87. The number of nitrogens with one attached hydrogen (secondary N) is 1. The van der Waals surface area contributed by atoms with Crippen LogP contribution in [0.15, 0.2) is 0 Å². The average molecular weight is 368 g/mol. The van der Waals surface area contributed by atoms with Crippen LogP contribution in [-0.4, -0.2) is 49.4 Å². The summed E-state index contributed by atoms with van der Waals surface area (Å²) in [6, 6.07) is 0. The first-order valence-electron chi connectivity index (χ1n) is 8.38. The second-order valence-electron chi connectivity index (χ2n) is 7.27. The van der Waals surface area contributed by atoms with E-state index in [1.807, 2.05) is 0 Å². The molecule has 0 aromatic heterocycles. The van der Waals surface area contributed by atoms with Crippen molar-refractivity contribution in [3.8, 4) is 0 Å². The molecule has 140 valence electrons. The molecule has 1 atom stereocenters. The Morgan fingerprint density at radius 1 is 1.25 bits per heavy atom. The molecule has 1 heterocycles. The van der Waals surface area contributed by atoms with Crippen LogP contribution in [0.2, 0.25) is 0 Å². The van der Waals surface area contributed by atoms with Crippen molar-refractivity contribution in [2.24, 2.45) is 11.3 Å². The van der Waals surface area contributed by atoms with E-state index in [1.165, 1.54) is 17.1 Å². The van der Waals surface area contributed by atoms with Crippen LogP contribution in [0.25, 0.3) is 0 Å². The largest absolute Gasteiger partial charge is 0.481 e. The molecule has 9 heteroatoms. The summed E-state index contributed by atoms with van der Waals surface area (Å²) in [5.74, 6) is -6.04. The second-order valence-corrected chi connectivity index (χ2v) is 9.02. The van der Waals surface area contributed by atoms with Gasteiger partial charge in [0.25, 0.3) is 10.2 Å². The molecular formula is C15H26F2N2O4S. The molecule has 0 unspecified atom stereocenters. The highest BCUT2D eigenvalue weighted by Gasteiger charge is 2.40. The zero-order chi connectivity index (χ0) is 18.0. The van der Waals surface area contributed by atoms with E-state index in [1.54, 1.807) is 0 Å². The van der Waals surface area contributed by atoms with Crippen molar-refractivity contribution >= 4 is 16.2 Å². The van der Waals surface area contributed by atoms with Gasteiger partial charge < -0.3 is 5.11 Å². The van der Waals surface area contributed by atoms with Crippen molar-refractivity contribution in [3.63, 3.8) is 0 Å². The molecule has 1 aliphatic heterocycles. The fourth-order valence-corrected chi connectivity index (χ4v) is 5.06. The third kappa shape index (κ3) is 5.10. The number of hydrogen-bond donors (Lipinski definition) is 2. The van der Waals surface area contributed by atoms with E-state index in [4.69, 9.17) is 5.11 Å².